The maximum atomic E-state index is 12.0. The molecule has 1 aliphatic heterocycles. The number of hydrogen-bond donors (Lipinski definition) is 1. The smallest absolute Gasteiger partial charge is 0.236 e. The number of nitrogens with zero attached hydrogens (tertiary/aromatic N) is 1. The Labute approximate surface area is 105 Å². The van der Waals surface area contributed by atoms with Crippen LogP contribution in [-0.2, 0) is 4.79 Å². The number of carbonyl (C=O) groups excluding carboxylic acids is 1. The molecule has 16 heavy (non-hydrogen) atoms. The van der Waals surface area contributed by atoms with Gasteiger partial charge in [-0.1, -0.05) is 28.8 Å². The highest BCUT2D eigenvalue weighted by Crippen LogP contribution is 2.39. The molecule has 0 bridgehead atoms. The number of likely N-dealkylation sites (tertiary alicyclic amines) is 1. The van der Waals surface area contributed by atoms with Gasteiger partial charge in [-0.15, -0.1) is 0 Å². The van der Waals surface area contributed by atoms with E-state index in [1.165, 1.54) is 12.8 Å². The fraction of sp³-hybridized carbons (Fsp3) is 0.917. The van der Waals surface area contributed by atoms with Crippen LogP contribution in [0.2, 0.25) is 0 Å². The molecule has 1 amide bonds. The van der Waals surface area contributed by atoms with E-state index in [1.54, 1.807) is 0 Å². The van der Waals surface area contributed by atoms with Crippen LogP contribution in [0, 0.1) is 5.41 Å². The van der Waals surface area contributed by atoms with E-state index in [0.717, 1.165) is 38.8 Å². The first-order valence-electron chi connectivity index (χ1n) is 6.21. The van der Waals surface area contributed by atoms with E-state index >= 15 is 0 Å². The Morgan fingerprint density at radius 3 is 2.69 bits per heavy atom. The van der Waals surface area contributed by atoms with Gasteiger partial charge in [0, 0.05) is 18.5 Å². The highest BCUT2D eigenvalue weighted by atomic mass is 79.9. The van der Waals surface area contributed by atoms with Crippen molar-refractivity contribution in [1.29, 1.82) is 0 Å². The Morgan fingerprint density at radius 1 is 1.38 bits per heavy atom. The van der Waals surface area contributed by atoms with Crippen molar-refractivity contribution in [3.05, 3.63) is 0 Å². The molecule has 0 aromatic carbocycles. The summed E-state index contributed by atoms with van der Waals surface area (Å²) in [4.78, 5) is 13.9. The summed E-state index contributed by atoms with van der Waals surface area (Å²) in [5.41, 5.74) is -0.000278. The van der Waals surface area contributed by atoms with Crippen molar-refractivity contribution in [2.24, 2.45) is 5.41 Å². The summed E-state index contributed by atoms with van der Waals surface area (Å²) >= 11 is 3.43. The van der Waals surface area contributed by atoms with Crippen LogP contribution >= 0.6 is 15.9 Å². The molecule has 1 atom stereocenters. The van der Waals surface area contributed by atoms with Crippen LogP contribution in [0.15, 0.2) is 0 Å². The highest BCUT2D eigenvalue weighted by Gasteiger charge is 2.38. The van der Waals surface area contributed by atoms with Gasteiger partial charge in [0.15, 0.2) is 0 Å². The number of hydrogen-bond acceptors (Lipinski definition) is 2. The molecule has 1 unspecified atom stereocenters. The summed E-state index contributed by atoms with van der Waals surface area (Å²) in [5.74, 6) is 0.214. The molecule has 4 heteroatoms. The van der Waals surface area contributed by atoms with Crippen molar-refractivity contribution in [1.82, 2.24) is 4.90 Å². The zero-order valence-corrected chi connectivity index (χ0v) is 11.2. The van der Waals surface area contributed by atoms with Crippen LogP contribution in [0.3, 0.4) is 0 Å². The average molecular weight is 290 g/mol. The molecule has 3 nitrogen and oxygen atoms in total. The lowest BCUT2D eigenvalue weighted by Gasteiger charge is -2.37. The molecule has 1 N–H and O–H groups in total. The van der Waals surface area contributed by atoms with Gasteiger partial charge in [0.2, 0.25) is 5.91 Å². The molecule has 0 spiro atoms. The number of rotatable bonds is 3. The number of alkyl halides is 1. The quantitative estimate of drug-likeness (QED) is 0.807. The molecule has 92 valence electrons. The van der Waals surface area contributed by atoms with Gasteiger partial charge in [0.25, 0.3) is 0 Å². The van der Waals surface area contributed by atoms with Crippen LogP contribution in [-0.4, -0.2) is 40.4 Å². The topological polar surface area (TPSA) is 40.5 Å². The summed E-state index contributed by atoms with van der Waals surface area (Å²) in [6, 6.07) is 0. The van der Waals surface area contributed by atoms with E-state index < -0.39 is 0 Å². The lowest BCUT2D eigenvalue weighted by atomic mass is 9.86. The number of aliphatic hydroxyl groups excluding tert-OH is 1. The Bertz CT molecular complexity index is 264. The largest absolute Gasteiger partial charge is 0.396 e. The van der Waals surface area contributed by atoms with Crippen LogP contribution in [0.1, 0.15) is 38.5 Å². The van der Waals surface area contributed by atoms with Crippen LogP contribution in [0.25, 0.3) is 0 Å². The van der Waals surface area contributed by atoms with E-state index in [9.17, 15) is 9.90 Å². The molecular weight excluding hydrogens is 270 g/mol. The number of aliphatic hydroxyl groups is 1. The third-order valence-corrected chi connectivity index (χ3v) is 4.84. The Kier molecular flexibility index (Phi) is 3.90. The monoisotopic (exact) mass is 289 g/mol. The predicted octanol–water partition coefficient (Wildman–Crippen LogP) is 1.93. The zero-order valence-electron chi connectivity index (χ0n) is 9.62. The standard InChI is InChI=1S/C12H20BrNO2/c13-10-4-3-7-14(11(10)16)8-12(9-15)5-1-2-6-12/h10,15H,1-9H2. The second kappa shape index (κ2) is 5.05. The zero-order chi connectivity index (χ0) is 11.6. The van der Waals surface area contributed by atoms with E-state index in [4.69, 9.17) is 0 Å². The number of piperidine rings is 1. The third-order valence-electron chi connectivity index (χ3n) is 3.99. The number of carbonyl (C=O) groups is 1. The third kappa shape index (κ3) is 2.43. The van der Waals surface area contributed by atoms with Crippen molar-refractivity contribution in [2.75, 3.05) is 19.7 Å². The van der Waals surface area contributed by atoms with Gasteiger partial charge in [-0.25, -0.2) is 0 Å². The maximum Gasteiger partial charge on any atom is 0.236 e. The van der Waals surface area contributed by atoms with Gasteiger partial charge in [-0.05, 0) is 25.7 Å². The van der Waals surface area contributed by atoms with Crippen molar-refractivity contribution in [3.63, 3.8) is 0 Å². The Hall–Kier alpha value is -0.0900. The van der Waals surface area contributed by atoms with Crippen LogP contribution < -0.4 is 0 Å². The van der Waals surface area contributed by atoms with Crippen LogP contribution in [0.4, 0.5) is 0 Å². The normalized spacial score (nSPS) is 29.8. The van der Waals surface area contributed by atoms with E-state index in [1.807, 2.05) is 4.90 Å². The molecule has 0 aromatic heterocycles. The van der Waals surface area contributed by atoms with Crippen molar-refractivity contribution >= 4 is 21.8 Å². The Morgan fingerprint density at radius 2 is 2.06 bits per heavy atom. The molecule has 1 saturated heterocycles. The van der Waals surface area contributed by atoms with Gasteiger partial charge in [-0.3, -0.25) is 4.79 Å². The van der Waals surface area contributed by atoms with E-state index in [-0.39, 0.29) is 22.8 Å². The molecule has 0 radical (unpaired) electrons. The summed E-state index contributed by atoms with van der Waals surface area (Å²) in [6.07, 6.45) is 6.55. The van der Waals surface area contributed by atoms with Crippen molar-refractivity contribution < 1.29 is 9.90 Å². The molecule has 1 heterocycles. The fourth-order valence-corrected chi connectivity index (χ4v) is 3.56. The van der Waals surface area contributed by atoms with Crippen molar-refractivity contribution in [3.8, 4) is 0 Å². The first-order valence-corrected chi connectivity index (χ1v) is 7.12. The van der Waals surface area contributed by atoms with Gasteiger partial charge < -0.3 is 10.0 Å². The summed E-state index contributed by atoms with van der Waals surface area (Å²) in [6.45, 7) is 1.84. The summed E-state index contributed by atoms with van der Waals surface area (Å²) in [7, 11) is 0. The SMILES string of the molecule is O=C1C(Br)CCCN1CC1(CO)CCCC1. The Balaban J connectivity index is 1.99. The molecule has 2 aliphatic rings. The lowest BCUT2D eigenvalue weighted by Crippen LogP contribution is -2.47. The molecule has 1 aliphatic carbocycles. The van der Waals surface area contributed by atoms with Gasteiger partial charge in [0.1, 0.15) is 0 Å². The van der Waals surface area contributed by atoms with Crippen molar-refractivity contribution in [2.45, 2.75) is 43.4 Å². The second-order valence-corrected chi connectivity index (χ2v) is 6.34. The number of halogens is 1. The molecule has 2 rings (SSSR count). The first kappa shape index (κ1) is 12.4. The molecule has 0 aromatic rings. The molecular formula is C12H20BrNO2. The summed E-state index contributed by atoms with van der Waals surface area (Å²) < 4.78 is 0. The van der Waals surface area contributed by atoms with E-state index in [0.29, 0.717) is 0 Å². The minimum Gasteiger partial charge on any atom is -0.396 e. The van der Waals surface area contributed by atoms with Gasteiger partial charge in [0.05, 0.1) is 11.4 Å². The van der Waals surface area contributed by atoms with Gasteiger partial charge >= 0.3 is 0 Å². The predicted molar refractivity (Wildman–Crippen MR) is 66.5 cm³/mol. The maximum absolute atomic E-state index is 12.0. The fourth-order valence-electron chi connectivity index (χ4n) is 2.95. The van der Waals surface area contributed by atoms with Crippen LogP contribution in [0.5, 0.6) is 0 Å². The summed E-state index contributed by atoms with van der Waals surface area (Å²) in [5, 5.41) is 9.55. The van der Waals surface area contributed by atoms with Gasteiger partial charge in [-0.2, -0.15) is 0 Å². The first-order chi connectivity index (χ1) is 7.67. The second-order valence-electron chi connectivity index (χ2n) is 5.23. The lowest BCUT2D eigenvalue weighted by molar-refractivity contribution is -0.134. The minimum atomic E-state index is -0.00149. The average Bonchev–Trinajstić information content (AvgIpc) is 2.74. The molecule has 1 saturated carbocycles. The van der Waals surface area contributed by atoms with E-state index in [2.05, 4.69) is 15.9 Å². The molecule has 2 fully saturated rings. The minimum absolute atomic E-state index is 0.000278. The number of amides is 1. The highest BCUT2D eigenvalue weighted by molar-refractivity contribution is 9.10.